The van der Waals surface area contributed by atoms with E-state index in [4.69, 9.17) is 0 Å². The van der Waals surface area contributed by atoms with Crippen molar-refractivity contribution in [1.29, 1.82) is 0 Å². The molecule has 180 valence electrons. The maximum atomic E-state index is 15.1. The highest BCUT2D eigenvalue weighted by molar-refractivity contribution is 7.91. The highest BCUT2D eigenvalue weighted by Crippen LogP contribution is 2.38. The number of aromatic nitrogens is 4. The fourth-order valence-electron chi connectivity index (χ4n) is 4.42. The SMILES string of the molecule is CC(C)N1CCS(=O)(=O)c2c(F)cc(-c3nc(Nc4cc5n(n4)CCN(C)C5)ncc3F)cc21. The Morgan fingerprint density at radius 2 is 1.88 bits per heavy atom. The van der Waals surface area contributed by atoms with Crippen LogP contribution in [0.15, 0.2) is 29.3 Å². The van der Waals surface area contributed by atoms with Gasteiger partial charge in [0.2, 0.25) is 5.95 Å². The molecule has 0 saturated heterocycles. The number of halogens is 2. The van der Waals surface area contributed by atoms with Crippen LogP contribution in [-0.4, -0.2) is 65.0 Å². The van der Waals surface area contributed by atoms with Crippen LogP contribution in [0.5, 0.6) is 0 Å². The molecule has 34 heavy (non-hydrogen) atoms. The highest BCUT2D eigenvalue weighted by atomic mass is 32.2. The summed E-state index contributed by atoms with van der Waals surface area (Å²) >= 11 is 0. The van der Waals surface area contributed by atoms with E-state index in [-0.39, 0.29) is 46.1 Å². The number of sulfone groups is 1. The van der Waals surface area contributed by atoms with Crippen molar-refractivity contribution in [3.8, 4) is 11.3 Å². The Labute approximate surface area is 196 Å². The summed E-state index contributed by atoms with van der Waals surface area (Å²) in [5.74, 6) is -1.21. The normalized spacial score (nSPS) is 17.5. The summed E-state index contributed by atoms with van der Waals surface area (Å²) in [7, 11) is -1.74. The van der Waals surface area contributed by atoms with Crippen molar-refractivity contribution in [3.63, 3.8) is 0 Å². The van der Waals surface area contributed by atoms with E-state index in [0.717, 1.165) is 37.6 Å². The third-order valence-corrected chi connectivity index (χ3v) is 7.86. The van der Waals surface area contributed by atoms with Gasteiger partial charge in [0.05, 0.1) is 29.9 Å². The molecule has 0 saturated carbocycles. The van der Waals surface area contributed by atoms with Gasteiger partial charge in [-0.3, -0.25) is 9.58 Å². The van der Waals surface area contributed by atoms with E-state index in [0.29, 0.717) is 5.82 Å². The van der Waals surface area contributed by atoms with Crippen LogP contribution < -0.4 is 10.2 Å². The third-order valence-electron chi connectivity index (χ3n) is 6.11. The molecule has 0 unspecified atom stereocenters. The van der Waals surface area contributed by atoms with Crippen molar-refractivity contribution >= 4 is 27.3 Å². The topological polar surface area (TPSA) is 96.2 Å². The summed E-state index contributed by atoms with van der Waals surface area (Å²) in [6, 6.07) is 4.31. The summed E-state index contributed by atoms with van der Waals surface area (Å²) < 4.78 is 56.8. The molecule has 3 aromatic rings. The Kier molecular flexibility index (Phi) is 5.52. The van der Waals surface area contributed by atoms with Gasteiger partial charge in [-0.25, -0.2) is 27.2 Å². The number of fused-ring (bicyclic) bond motifs is 2. The number of nitrogens with zero attached hydrogens (tertiary/aromatic N) is 6. The molecule has 0 fully saturated rings. The van der Waals surface area contributed by atoms with Gasteiger partial charge in [0.1, 0.15) is 16.4 Å². The van der Waals surface area contributed by atoms with Gasteiger partial charge in [0.25, 0.3) is 0 Å². The molecule has 0 spiro atoms. The van der Waals surface area contributed by atoms with Crippen molar-refractivity contribution in [2.24, 2.45) is 0 Å². The molecule has 2 aliphatic rings. The summed E-state index contributed by atoms with van der Waals surface area (Å²) in [6.07, 6.45) is 1.00. The zero-order chi connectivity index (χ0) is 24.2. The van der Waals surface area contributed by atoms with E-state index in [1.807, 2.05) is 31.6 Å². The lowest BCUT2D eigenvalue weighted by Crippen LogP contribution is -2.40. The van der Waals surface area contributed by atoms with Gasteiger partial charge in [0, 0.05) is 37.3 Å². The second-order valence-corrected chi connectivity index (χ2v) is 11.0. The summed E-state index contributed by atoms with van der Waals surface area (Å²) in [4.78, 5) is 11.9. The Balaban J connectivity index is 1.53. The minimum Gasteiger partial charge on any atom is -0.367 e. The van der Waals surface area contributed by atoms with E-state index in [9.17, 15) is 12.8 Å². The van der Waals surface area contributed by atoms with Gasteiger partial charge in [0.15, 0.2) is 21.5 Å². The van der Waals surface area contributed by atoms with Crippen LogP contribution in [0.25, 0.3) is 11.3 Å². The lowest BCUT2D eigenvalue weighted by molar-refractivity contribution is 0.259. The molecule has 1 aromatic carbocycles. The van der Waals surface area contributed by atoms with Gasteiger partial charge in [-0.15, -0.1) is 0 Å². The van der Waals surface area contributed by atoms with Crippen LogP contribution in [0.3, 0.4) is 0 Å². The van der Waals surface area contributed by atoms with Crippen molar-refractivity contribution in [3.05, 3.63) is 41.7 Å². The maximum Gasteiger partial charge on any atom is 0.229 e. The average Bonchev–Trinajstić information content (AvgIpc) is 3.15. The molecule has 0 bridgehead atoms. The maximum absolute atomic E-state index is 15.1. The van der Waals surface area contributed by atoms with Gasteiger partial charge in [-0.05, 0) is 33.0 Å². The van der Waals surface area contributed by atoms with E-state index < -0.39 is 21.5 Å². The predicted octanol–water partition coefficient (Wildman–Crippen LogP) is 2.81. The molecule has 1 N–H and O–H groups in total. The van der Waals surface area contributed by atoms with Gasteiger partial charge in [-0.2, -0.15) is 5.10 Å². The molecule has 0 atom stereocenters. The molecule has 2 aliphatic heterocycles. The first-order chi connectivity index (χ1) is 16.1. The van der Waals surface area contributed by atoms with Gasteiger partial charge >= 0.3 is 0 Å². The van der Waals surface area contributed by atoms with E-state index in [1.54, 1.807) is 4.90 Å². The molecular weight excluding hydrogens is 464 g/mol. The van der Waals surface area contributed by atoms with E-state index in [1.165, 1.54) is 6.07 Å². The molecule has 0 radical (unpaired) electrons. The van der Waals surface area contributed by atoms with Crippen molar-refractivity contribution < 1.29 is 17.2 Å². The molecule has 2 aromatic heterocycles. The highest BCUT2D eigenvalue weighted by Gasteiger charge is 2.33. The van der Waals surface area contributed by atoms with Crippen LogP contribution in [-0.2, 0) is 22.9 Å². The summed E-state index contributed by atoms with van der Waals surface area (Å²) in [6.45, 7) is 6.41. The summed E-state index contributed by atoms with van der Waals surface area (Å²) in [5.41, 5.74) is 1.25. The molecule has 0 amide bonds. The number of hydrogen-bond donors (Lipinski definition) is 1. The van der Waals surface area contributed by atoms with E-state index >= 15 is 4.39 Å². The average molecular weight is 490 g/mol. The third kappa shape index (κ3) is 4.00. The number of anilines is 3. The van der Waals surface area contributed by atoms with Crippen molar-refractivity contribution in [2.75, 3.05) is 36.1 Å². The number of nitrogens with one attached hydrogen (secondary N) is 1. The lowest BCUT2D eigenvalue weighted by atomic mass is 10.1. The quantitative estimate of drug-likeness (QED) is 0.598. The first-order valence-corrected chi connectivity index (χ1v) is 12.7. The standard InChI is InChI=1S/C22H25F2N7O2S/c1-13(2)30-6-7-34(32,33)21-16(23)8-14(9-18(21)30)20-17(24)11-25-22(27-20)26-19-10-15-12-29(3)4-5-31(15)28-19/h8-11,13H,4-7,12H2,1-3H3,(H,25,26,27,28). The first-order valence-electron chi connectivity index (χ1n) is 11.0. The Morgan fingerprint density at radius 3 is 2.65 bits per heavy atom. The zero-order valence-electron chi connectivity index (χ0n) is 19.1. The number of hydrogen-bond acceptors (Lipinski definition) is 8. The Hall–Kier alpha value is -3.12. The second kappa shape index (κ2) is 8.27. The van der Waals surface area contributed by atoms with E-state index in [2.05, 4.69) is 25.3 Å². The largest absolute Gasteiger partial charge is 0.367 e. The summed E-state index contributed by atoms with van der Waals surface area (Å²) in [5, 5.41) is 7.49. The van der Waals surface area contributed by atoms with Crippen LogP contribution in [0, 0.1) is 11.6 Å². The van der Waals surface area contributed by atoms with Crippen LogP contribution >= 0.6 is 0 Å². The minimum absolute atomic E-state index is 0.0673. The van der Waals surface area contributed by atoms with Gasteiger partial charge in [-0.1, -0.05) is 0 Å². The lowest BCUT2D eigenvalue weighted by Gasteiger charge is -2.34. The van der Waals surface area contributed by atoms with Gasteiger partial charge < -0.3 is 10.2 Å². The van der Waals surface area contributed by atoms with Crippen LogP contribution in [0.4, 0.5) is 26.2 Å². The number of benzene rings is 1. The monoisotopic (exact) mass is 489 g/mol. The fourth-order valence-corrected chi connectivity index (χ4v) is 5.91. The molecule has 9 nitrogen and oxygen atoms in total. The molecule has 4 heterocycles. The zero-order valence-corrected chi connectivity index (χ0v) is 19.9. The van der Waals surface area contributed by atoms with Crippen LogP contribution in [0.1, 0.15) is 19.5 Å². The number of rotatable bonds is 4. The second-order valence-electron chi connectivity index (χ2n) is 8.91. The molecule has 0 aliphatic carbocycles. The minimum atomic E-state index is -3.77. The Morgan fingerprint density at radius 1 is 1.09 bits per heavy atom. The molecule has 12 heteroatoms. The first kappa shape index (κ1) is 22.7. The number of likely N-dealkylation sites (N-methyl/N-ethyl adjacent to an activating group) is 1. The Bertz CT molecular complexity index is 1370. The molecule has 5 rings (SSSR count). The van der Waals surface area contributed by atoms with Crippen LogP contribution in [0.2, 0.25) is 0 Å². The predicted molar refractivity (Wildman–Crippen MR) is 124 cm³/mol. The van der Waals surface area contributed by atoms with Crippen molar-refractivity contribution in [1.82, 2.24) is 24.6 Å². The molecular formula is C22H25F2N7O2S. The van der Waals surface area contributed by atoms with Crippen molar-refractivity contribution in [2.45, 2.75) is 37.9 Å². The smallest absolute Gasteiger partial charge is 0.229 e. The fraction of sp³-hybridized carbons (Fsp3) is 0.409.